The van der Waals surface area contributed by atoms with Gasteiger partial charge in [0.2, 0.25) is 0 Å². The number of hydrogen-bond donors (Lipinski definition) is 2. The van der Waals surface area contributed by atoms with Gasteiger partial charge in [-0.05, 0) is 24.1 Å². The maximum atomic E-state index is 12.1. The molecule has 1 aromatic carbocycles. The molecule has 0 spiro atoms. The highest BCUT2D eigenvalue weighted by Gasteiger charge is 2.22. The van der Waals surface area contributed by atoms with Crippen LogP contribution in [0.2, 0.25) is 0 Å². The maximum Gasteiger partial charge on any atom is 0.325 e. The summed E-state index contributed by atoms with van der Waals surface area (Å²) in [5, 5.41) is 5.99. The summed E-state index contributed by atoms with van der Waals surface area (Å²) >= 11 is 1.45. The van der Waals surface area contributed by atoms with E-state index in [4.69, 9.17) is 4.74 Å². The number of aromatic nitrogens is 1. The van der Waals surface area contributed by atoms with E-state index in [1.165, 1.54) is 16.2 Å². The monoisotopic (exact) mass is 346 g/mol. The van der Waals surface area contributed by atoms with Crippen LogP contribution in [-0.4, -0.2) is 30.6 Å². The molecule has 1 aliphatic rings. The van der Waals surface area contributed by atoms with Gasteiger partial charge in [-0.25, -0.2) is 9.78 Å². The zero-order valence-electron chi connectivity index (χ0n) is 13.6. The number of amides is 3. The zero-order chi connectivity index (χ0) is 17.3. The van der Waals surface area contributed by atoms with Crippen LogP contribution in [-0.2, 0) is 4.79 Å². The lowest BCUT2D eigenvalue weighted by atomic mass is 10.2. The lowest BCUT2D eigenvalue weighted by Gasteiger charge is -2.26. The first-order chi connectivity index (χ1) is 11.4. The minimum atomic E-state index is -0.384. The Kier molecular flexibility index (Phi) is 4.39. The number of likely N-dealkylation sites (N-methyl/N-ethyl adjacent to an activating group) is 1. The summed E-state index contributed by atoms with van der Waals surface area (Å²) in [5.41, 5.74) is 1.19. The largest absolute Gasteiger partial charge is 0.482 e. The molecule has 7 nitrogen and oxygen atoms in total. The number of rotatable bonds is 3. The van der Waals surface area contributed by atoms with Crippen LogP contribution in [0.15, 0.2) is 24.4 Å². The van der Waals surface area contributed by atoms with Gasteiger partial charge in [0.05, 0.1) is 5.69 Å². The highest BCUT2D eigenvalue weighted by atomic mass is 32.1. The quantitative estimate of drug-likeness (QED) is 0.893. The van der Waals surface area contributed by atoms with Gasteiger partial charge in [-0.2, -0.15) is 0 Å². The number of nitrogens with one attached hydrogen (secondary N) is 2. The van der Waals surface area contributed by atoms with Crippen LogP contribution in [0.1, 0.15) is 24.6 Å². The van der Waals surface area contributed by atoms with Crippen LogP contribution in [0.25, 0.3) is 0 Å². The molecule has 0 aliphatic carbocycles. The Labute approximate surface area is 143 Å². The van der Waals surface area contributed by atoms with Crippen molar-refractivity contribution in [2.24, 2.45) is 0 Å². The molecule has 2 heterocycles. The number of ether oxygens (including phenoxy) is 1. The van der Waals surface area contributed by atoms with E-state index in [0.29, 0.717) is 28.2 Å². The van der Waals surface area contributed by atoms with Crippen molar-refractivity contribution >= 4 is 39.8 Å². The van der Waals surface area contributed by atoms with Crippen molar-refractivity contribution in [2.75, 3.05) is 29.2 Å². The number of nitrogens with zero attached hydrogens (tertiary/aromatic N) is 2. The fraction of sp³-hybridized carbons (Fsp3) is 0.312. The molecule has 0 bridgehead atoms. The number of carbonyl (C=O) groups is 2. The van der Waals surface area contributed by atoms with Crippen molar-refractivity contribution in [3.63, 3.8) is 0 Å². The molecule has 0 radical (unpaired) electrons. The summed E-state index contributed by atoms with van der Waals surface area (Å²) in [6.07, 6.45) is 1.77. The zero-order valence-corrected chi connectivity index (χ0v) is 14.4. The van der Waals surface area contributed by atoms with Gasteiger partial charge < -0.3 is 15.0 Å². The molecule has 1 aromatic heterocycles. The van der Waals surface area contributed by atoms with Crippen LogP contribution >= 0.6 is 11.3 Å². The number of hydrogen-bond acceptors (Lipinski definition) is 5. The first-order valence-electron chi connectivity index (χ1n) is 7.51. The third kappa shape index (κ3) is 3.33. The Hall–Kier alpha value is -2.61. The Bertz CT molecular complexity index is 787. The lowest BCUT2D eigenvalue weighted by Crippen LogP contribution is -2.35. The molecule has 3 amide bonds. The predicted octanol–water partition coefficient (Wildman–Crippen LogP) is 3.27. The van der Waals surface area contributed by atoms with Gasteiger partial charge in [-0.1, -0.05) is 13.8 Å². The smallest absolute Gasteiger partial charge is 0.325 e. The molecule has 1 aliphatic heterocycles. The molecule has 0 fully saturated rings. The summed E-state index contributed by atoms with van der Waals surface area (Å²) in [4.78, 5) is 30.6. The highest BCUT2D eigenvalue weighted by Crippen LogP contribution is 2.33. The summed E-state index contributed by atoms with van der Waals surface area (Å²) in [6, 6.07) is 4.77. The van der Waals surface area contributed by atoms with Crippen molar-refractivity contribution in [1.82, 2.24) is 4.98 Å². The molecule has 126 valence electrons. The standard InChI is InChI=1S/C16H18N4O3S/c1-9(2)13-7-17-16(24-13)19-15(22)18-10-4-5-12-11(6-10)20(3)14(21)8-23-12/h4-7,9H,8H2,1-3H3,(H2,17,18,19,22). The second-order valence-corrected chi connectivity index (χ2v) is 6.79. The normalized spacial score (nSPS) is 13.5. The summed E-state index contributed by atoms with van der Waals surface area (Å²) in [5.74, 6) is 0.854. The Morgan fingerprint density at radius 2 is 2.17 bits per heavy atom. The van der Waals surface area contributed by atoms with E-state index in [0.717, 1.165) is 4.88 Å². The molecule has 8 heteroatoms. The Balaban J connectivity index is 1.69. The van der Waals surface area contributed by atoms with Crippen molar-refractivity contribution in [1.29, 1.82) is 0 Å². The fourth-order valence-electron chi connectivity index (χ4n) is 2.22. The van der Waals surface area contributed by atoms with E-state index in [9.17, 15) is 9.59 Å². The van der Waals surface area contributed by atoms with E-state index in [-0.39, 0.29) is 18.5 Å². The van der Waals surface area contributed by atoms with Gasteiger partial charge >= 0.3 is 6.03 Å². The topological polar surface area (TPSA) is 83.6 Å². The van der Waals surface area contributed by atoms with Crippen LogP contribution in [0.3, 0.4) is 0 Å². The van der Waals surface area contributed by atoms with Crippen LogP contribution in [0.5, 0.6) is 5.75 Å². The highest BCUT2D eigenvalue weighted by molar-refractivity contribution is 7.15. The van der Waals surface area contributed by atoms with Gasteiger partial charge in [0.25, 0.3) is 5.91 Å². The van der Waals surface area contributed by atoms with Crippen LogP contribution in [0.4, 0.5) is 21.3 Å². The number of anilines is 3. The van der Waals surface area contributed by atoms with Crippen molar-refractivity contribution in [2.45, 2.75) is 19.8 Å². The average molecular weight is 346 g/mol. The van der Waals surface area contributed by atoms with Crippen molar-refractivity contribution in [3.05, 3.63) is 29.3 Å². The third-order valence-electron chi connectivity index (χ3n) is 3.62. The summed E-state index contributed by atoms with van der Waals surface area (Å²) in [7, 11) is 1.68. The first-order valence-corrected chi connectivity index (χ1v) is 8.33. The van der Waals surface area contributed by atoms with Gasteiger partial charge in [-0.15, -0.1) is 11.3 Å². The molecule has 3 rings (SSSR count). The molecule has 0 unspecified atom stereocenters. The number of urea groups is 1. The second kappa shape index (κ2) is 6.48. The van der Waals surface area contributed by atoms with Gasteiger partial charge in [0.15, 0.2) is 11.7 Å². The summed E-state index contributed by atoms with van der Waals surface area (Å²) < 4.78 is 5.36. The minimum Gasteiger partial charge on any atom is -0.482 e. The fourth-order valence-corrected chi connectivity index (χ4v) is 3.03. The van der Waals surface area contributed by atoms with Gasteiger partial charge in [0.1, 0.15) is 5.75 Å². The molecule has 24 heavy (non-hydrogen) atoms. The average Bonchev–Trinajstić information content (AvgIpc) is 3.00. The molecular weight excluding hydrogens is 328 g/mol. The minimum absolute atomic E-state index is 0.0268. The van der Waals surface area contributed by atoms with E-state index in [1.807, 2.05) is 0 Å². The molecule has 0 saturated carbocycles. The van der Waals surface area contributed by atoms with Crippen LogP contribution in [0, 0.1) is 0 Å². The van der Waals surface area contributed by atoms with E-state index in [2.05, 4.69) is 29.5 Å². The second-order valence-electron chi connectivity index (χ2n) is 5.73. The maximum absolute atomic E-state index is 12.1. The SMILES string of the molecule is CC(C)c1cnc(NC(=O)Nc2ccc3c(c2)N(C)C(=O)CO3)s1. The van der Waals surface area contributed by atoms with Gasteiger partial charge in [-0.3, -0.25) is 10.1 Å². The summed E-state index contributed by atoms with van der Waals surface area (Å²) in [6.45, 7) is 4.17. The van der Waals surface area contributed by atoms with Crippen molar-refractivity contribution < 1.29 is 14.3 Å². The van der Waals surface area contributed by atoms with Crippen molar-refractivity contribution in [3.8, 4) is 5.75 Å². The number of fused-ring (bicyclic) bond motifs is 1. The molecule has 2 N–H and O–H groups in total. The lowest BCUT2D eigenvalue weighted by molar-refractivity contribution is -0.120. The number of carbonyl (C=O) groups excluding carboxylic acids is 2. The molecule has 0 atom stereocenters. The number of thiazole rings is 1. The van der Waals surface area contributed by atoms with E-state index in [1.54, 1.807) is 31.4 Å². The van der Waals surface area contributed by atoms with E-state index >= 15 is 0 Å². The van der Waals surface area contributed by atoms with Gasteiger partial charge in [0, 0.05) is 23.8 Å². The third-order valence-corrected chi connectivity index (χ3v) is 4.83. The Morgan fingerprint density at radius 1 is 1.38 bits per heavy atom. The Morgan fingerprint density at radius 3 is 2.88 bits per heavy atom. The molecular formula is C16H18N4O3S. The van der Waals surface area contributed by atoms with Crippen LogP contribution < -0.4 is 20.3 Å². The number of benzene rings is 1. The first kappa shape index (κ1) is 16.3. The predicted molar refractivity (Wildman–Crippen MR) is 94.2 cm³/mol. The molecule has 2 aromatic rings. The van der Waals surface area contributed by atoms with E-state index < -0.39 is 0 Å². The molecule has 0 saturated heterocycles.